The number of carbonyl (C=O) groups excluding carboxylic acids is 1. The van der Waals surface area contributed by atoms with E-state index in [4.69, 9.17) is 4.74 Å². The quantitative estimate of drug-likeness (QED) is 0.837. The molecular formula is C15H21NO4. The molecule has 0 saturated carbocycles. The molecule has 0 aliphatic carbocycles. The molecule has 1 atom stereocenters. The molecule has 2 N–H and O–H groups in total. The molecule has 0 aromatic heterocycles. The van der Waals surface area contributed by atoms with Gasteiger partial charge in [0, 0.05) is 6.54 Å². The van der Waals surface area contributed by atoms with E-state index in [1.807, 2.05) is 13.0 Å². The molecule has 1 aromatic rings. The number of aliphatic carboxylic acids is 1. The fourth-order valence-corrected chi connectivity index (χ4v) is 1.72. The highest BCUT2D eigenvalue weighted by Gasteiger charge is 2.31. The molecule has 0 aliphatic rings. The SMILES string of the molecule is CCC(C)(CNC(=O)c1cc(C)ccc1OC)C(=O)O. The third-order valence-corrected chi connectivity index (χ3v) is 3.54. The summed E-state index contributed by atoms with van der Waals surface area (Å²) in [6, 6.07) is 5.29. The number of hydrogen-bond donors (Lipinski definition) is 2. The van der Waals surface area contributed by atoms with Gasteiger partial charge in [-0.25, -0.2) is 0 Å². The number of ether oxygens (including phenoxy) is 1. The van der Waals surface area contributed by atoms with Crippen molar-refractivity contribution < 1.29 is 19.4 Å². The number of rotatable bonds is 6. The maximum atomic E-state index is 12.2. The van der Waals surface area contributed by atoms with Gasteiger partial charge in [-0.15, -0.1) is 0 Å². The first-order valence-electron chi connectivity index (χ1n) is 6.50. The first-order valence-corrected chi connectivity index (χ1v) is 6.50. The van der Waals surface area contributed by atoms with Crippen molar-refractivity contribution in [2.24, 2.45) is 5.41 Å². The van der Waals surface area contributed by atoms with Gasteiger partial charge in [-0.3, -0.25) is 9.59 Å². The minimum atomic E-state index is -0.966. The Bertz CT molecular complexity index is 513. The van der Waals surface area contributed by atoms with E-state index in [0.717, 1.165) is 5.56 Å². The van der Waals surface area contributed by atoms with Crippen molar-refractivity contribution >= 4 is 11.9 Å². The van der Waals surface area contributed by atoms with E-state index in [1.54, 1.807) is 26.0 Å². The zero-order valence-corrected chi connectivity index (χ0v) is 12.3. The van der Waals surface area contributed by atoms with Crippen molar-refractivity contribution in [2.75, 3.05) is 13.7 Å². The van der Waals surface area contributed by atoms with Crippen molar-refractivity contribution in [2.45, 2.75) is 27.2 Å². The Morgan fingerprint density at radius 1 is 1.40 bits per heavy atom. The van der Waals surface area contributed by atoms with Crippen LogP contribution in [0.15, 0.2) is 18.2 Å². The van der Waals surface area contributed by atoms with E-state index in [9.17, 15) is 14.7 Å². The summed E-state index contributed by atoms with van der Waals surface area (Å²) in [5.74, 6) is -0.774. The second-order valence-electron chi connectivity index (χ2n) is 5.11. The minimum absolute atomic E-state index is 0.0781. The predicted molar refractivity (Wildman–Crippen MR) is 76.1 cm³/mol. The fraction of sp³-hybridized carbons (Fsp3) is 0.467. The number of carboxylic acid groups (broad SMARTS) is 1. The Morgan fingerprint density at radius 2 is 2.05 bits per heavy atom. The number of carboxylic acids is 1. The van der Waals surface area contributed by atoms with E-state index < -0.39 is 11.4 Å². The van der Waals surface area contributed by atoms with Gasteiger partial charge >= 0.3 is 5.97 Å². The highest BCUT2D eigenvalue weighted by atomic mass is 16.5. The van der Waals surface area contributed by atoms with Gasteiger partial charge in [0.2, 0.25) is 0 Å². The summed E-state index contributed by atoms with van der Waals surface area (Å²) < 4.78 is 5.15. The van der Waals surface area contributed by atoms with Crippen molar-refractivity contribution in [1.82, 2.24) is 5.32 Å². The first kappa shape index (κ1) is 16.0. The summed E-state index contributed by atoms with van der Waals surface area (Å²) in [5, 5.41) is 11.9. The Kier molecular flexibility index (Phi) is 5.13. The number of aryl methyl sites for hydroxylation is 1. The maximum absolute atomic E-state index is 12.2. The molecule has 5 heteroatoms. The molecule has 1 aromatic carbocycles. The number of amides is 1. The molecule has 0 aliphatic heterocycles. The smallest absolute Gasteiger partial charge is 0.311 e. The third kappa shape index (κ3) is 3.50. The molecule has 0 radical (unpaired) electrons. The average Bonchev–Trinajstić information content (AvgIpc) is 2.44. The summed E-state index contributed by atoms with van der Waals surface area (Å²) in [7, 11) is 1.49. The lowest BCUT2D eigenvalue weighted by Gasteiger charge is -2.23. The van der Waals surface area contributed by atoms with Crippen molar-refractivity contribution in [3.05, 3.63) is 29.3 Å². The van der Waals surface area contributed by atoms with E-state index in [2.05, 4.69) is 5.32 Å². The van der Waals surface area contributed by atoms with E-state index in [0.29, 0.717) is 17.7 Å². The highest BCUT2D eigenvalue weighted by Crippen LogP contribution is 2.22. The second-order valence-corrected chi connectivity index (χ2v) is 5.11. The van der Waals surface area contributed by atoms with E-state index >= 15 is 0 Å². The highest BCUT2D eigenvalue weighted by molar-refractivity contribution is 5.97. The van der Waals surface area contributed by atoms with Gasteiger partial charge in [0.15, 0.2) is 0 Å². The van der Waals surface area contributed by atoms with Gasteiger partial charge in [-0.2, -0.15) is 0 Å². The molecule has 1 rings (SSSR count). The number of benzene rings is 1. The van der Waals surface area contributed by atoms with Crippen molar-refractivity contribution in [3.8, 4) is 5.75 Å². The van der Waals surface area contributed by atoms with Crippen LogP contribution in [0.3, 0.4) is 0 Å². The van der Waals surface area contributed by atoms with Gasteiger partial charge in [0.1, 0.15) is 5.75 Å². The Balaban J connectivity index is 2.87. The van der Waals surface area contributed by atoms with Crippen LogP contribution < -0.4 is 10.1 Å². The molecule has 110 valence electrons. The normalized spacial score (nSPS) is 13.4. The van der Waals surface area contributed by atoms with Gasteiger partial charge in [0.05, 0.1) is 18.1 Å². The molecular weight excluding hydrogens is 258 g/mol. The summed E-state index contributed by atoms with van der Waals surface area (Å²) in [4.78, 5) is 23.4. The van der Waals surface area contributed by atoms with E-state index in [1.165, 1.54) is 7.11 Å². The van der Waals surface area contributed by atoms with E-state index in [-0.39, 0.29) is 12.5 Å². The van der Waals surface area contributed by atoms with Crippen LogP contribution in [0.1, 0.15) is 36.2 Å². The van der Waals surface area contributed by atoms with Crippen molar-refractivity contribution in [3.63, 3.8) is 0 Å². The molecule has 1 amide bonds. The molecule has 0 heterocycles. The van der Waals surface area contributed by atoms with Crippen LogP contribution in [0, 0.1) is 12.3 Å². The standard InChI is InChI=1S/C15H21NO4/c1-5-15(3,14(18)19)9-16-13(17)11-8-10(2)6-7-12(11)20-4/h6-8H,5,9H2,1-4H3,(H,16,17)(H,18,19). The molecule has 0 spiro atoms. The molecule has 20 heavy (non-hydrogen) atoms. The summed E-state index contributed by atoms with van der Waals surface area (Å²) >= 11 is 0. The second kappa shape index (κ2) is 6.41. The lowest BCUT2D eigenvalue weighted by atomic mass is 9.87. The Hall–Kier alpha value is -2.04. The first-order chi connectivity index (χ1) is 9.34. The molecule has 0 saturated heterocycles. The Labute approximate surface area is 118 Å². The fourth-order valence-electron chi connectivity index (χ4n) is 1.72. The Morgan fingerprint density at radius 3 is 2.55 bits per heavy atom. The third-order valence-electron chi connectivity index (χ3n) is 3.54. The number of hydrogen-bond acceptors (Lipinski definition) is 3. The zero-order chi connectivity index (χ0) is 15.3. The minimum Gasteiger partial charge on any atom is -0.496 e. The number of methoxy groups -OCH3 is 1. The van der Waals surface area contributed by atoms with Crippen LogP contribution in [-0.2, 0) is 4.79 Å². The average molecular weight is 279 g/mol. The van der Waals surface area contributed by atoms with Crippen LogP contribution in [0.4, 0.5) is 0 Å². The lowest BCUT2D eigenvalue weighted by molar-refractivity contribution is -0.147. The molecule has 5 nitrogen and oxygen atoms in total. The van der Waals surface area contributed by atoms with Gasteiger partial charge < -0.3 is 15.2 Å². The molecule has 0 fully saturated rings. The molecule has 1 unspecified atom stereocenters. The van der Waals surface area contributed by atoms with Crippen LogP contribution in [0.5, 0.6) is 5.75 Å². The summed E-state index contributed by atoms with van der Waals surface area (Å²) in [6.07, 6.45) is 0.438. The van der Waals surface area contributed by atoms with Crippen LogP contribution in [-0.4, -0.2) is 30.6 Å². The maximum Gasteiger partial charge on any atom is 0.311 e. The lowest BCUT2D eigenvalue weighted by Crippen LogP contribution is -2.40. The van der Waals surface area contributed by atoms with Crippen molar-refractivity contribution in [1.29, 1.82) is 0 Å². The molecule has 0 bridgehead atoms. The predicted octanol–water partition coefficient (Wildman–Crippen LogP) is 2.23. The number of carbonyl (C=O) groups is 2. The summed E-state index contributed by atoms with van der Waals surface area (Å²) in [6.45, 7) is 5.36. The van der Waals surface area contributed by atoms with Gasteiger partial charge in [-0.05, 0) is 32.4 Å². The zero-order valence-electron chi connectivity index (χ0n) is 12.3. The largest absolute Gasteiger partial charge is 0.496 e. The summed E-state index contributed by atoms with van der Waals surface area (Å²) in [5.41, 5.74) is 0.385. The van der Waals surface area contributed by atoms with Crippen LogP contribution >= 0.6 is 0 Å². The van der Waals surface area contributed by atoms with Crippen LogP contribution in [0.2, 0.25) is 0 Å². The van der Waals surface area contributed by atoms with Gasteiger partial charge in [-0.1, -0.05) is 18.6 Å². The topological polar surface area (TPSA) is 75.6 Å². The number of nitrogens with one attached hydrogen (secondary N) is 1. The van der Waals surface area contributed by atoms with Crippen LogP contribution in [0.25, 0.3) is 0 Å². The monoisotopic (exact) mass is 279 g/mol. The van der Waals surface area contributed by atoms with Gasteiger partial charge in [0.25, 0.3) is 5.91 Å².